The molecule has 126 valence electrons. The van der Waals surface area contributed by atoms with Gasteiger partial charge in [-0.15, -0.1) is 0 Å². The van der Waals surface area contributed by atoms with Crippen molar-refractivity contribution < 1.29 is 23.5 Å². The average molecular weight is 418 g/mol. The number of nitrogens with one attached hydrogen (secondary N) is 1. The van der Waals surface area contributed by atoms with Gasteiger partial charge in [0, 0.05) is 10.7 Å². The SMILES string of the molecule is O=C(COC(=O)COc1ccc(Br)cc1F)Nc1cccnc1Cl. The van der Waals surface area contributed by atoms with Crippen LogP contribution in [0, 0.1) is 5.82 Å². The summed E-state index contributed by atoms with van der Waals surface area (Å²) in [5.74, 6) is -2.12. The van der Waals surface area contributed by atoms with Crippen LogP contribution in [0.2, 0.25) is 5.15 Å². The normalized spacial score (nSPS) is 10.1. The number of benzene rings is 1. The molecule has 0 aliphatic rings. The predicted octanol–water partition coefficient (Wildman–Crippen LogP) is 3.20. The molecule has 1 heterocycles. The molecule has 0 bridgehead atoms. The Balaban J connectivity index is 1.76. The summed E-state index contributed by atoms with van der Waals surface area (Å²) in [6.07, 6.45) is 1.47. The summed E-state index contributed by atoms with van der Waals surface area (Å²) in [7, 11) is 0. The predicted molar refractivity (Wildman–Crippen MR) is 88.4 cm³/mol. The molecule has 0 aliphatic heterocycles. The van der Waals surface area contributed by atoms with Gasteiger partial charge in [-0.3, -0.25) is 4.79 Å². The fraction of sp³-hybridized carbons (Fsp3) is 0.133. The Kier molecular flexibility index (Phi) is 6.51. The molecule has 9 heteroatoms. The number of pyridine rings is 1. The zero-order valence-electron chi connectivity index (χ0n) is 12.1. The van der Waals surface area contributed by atoms with E-state index >= 15 is 0 Å². The number of rotatable bonds is 6. The lowest BCUT2D eigenvalue weighted by Crippen LogP contribution is -2.24. The molecule has 1 aromatic heterocycles. The number of ether oxygens (including phenoxy) is 2. The van der Waals surface area contributed by atoms with Gasteiger partial charge in [0.2, 0.25) is 0 Å². The minimum atomic E-state index is -0.815. The molecule has 0 radical (unpaired) electrons. The van der Waals surface area contributed by atoms with Gasteiger partial charge in [-0.25, -0.2) is 14.2 Å². The van der Waals surface area contributed by atoms with Crippen LogP contribution in [0.5, 0.6) is 5.75 Å². The van der Waals surface area contributed by atoms with Crippen molar-refractivity contribution in [1.29, 1.82) is 0 Å². The van der Waals surface area contributed by atoms with Crippen molar-refractivity contribution >= 4 is 45.1 Å². The van der Waals surface area contributed by atoms with Crippen molar-refractivity contribution in [3.05, 3.63) is 52.0 Å². The van der Waals surface area contributed by atoms with Crippen molar-refractivity contribution in [2.45, 2.75) is 0 Å². The number of esters is 1. The second-order valence-electron chi connectivity index (χ2n) is 4.41. The van der Waals surface area contributed by atoms with E-state index in [1.165, 1.54) is 18.3 Å². The van der Waals surface area contributed by atoms with Gasteiger partial charge in [0.1, 0.15) is 0 Å². The van der Waals surface area contributed by atoms with Gasteiger partial charge < -0.3 is 14.8 Å². The van der Waals surface area contributed by atoms with Crippen LogP contribution in [0.4, 0.5) is 10.1 Å². The van der Waals surface area contributed by atoms with E-state index in [1.54, 1.807) is 18.2 Å². The first-order valence-corrected chi connectivity index (χ1v) is 7.76. The number of carbonyl (C=O) groups excluding carboxylic acids is 2. The first-order chi connectivity index (χ1) is 11.5. The summed E-state index contributed by atoms with van der Waals surface area (Å²) in [5, 5.41) is 2.55. The lowest BCUT2D eigenvalue weighted by Gasteiger charge is -2.09. The Morgan fingerprint density at radius 3 is 2.79 bits per heavy atom. The molecule has 1 amide bonds. The Hall–Kier alpha value is -2.19. The van der Waals surface area contributed by atoms with Gasteiger partial charge in [-0.1, -0.05) is 27.5 Å². The van der Waals surface area contributed by atoms with Crippen LogP contribution in [-0.4, -0.2) is 30.1 Å². The molecule has 2 rings (SSSR count). The van der Waals surface area contributed by atoms with E-state index in [0.29, 0.717) is 10.2 Å². The van der Waals surface area contributed by atoms with E-state index in [-0.39, 0.29) is 10.9 Å². The molecular formula is C15H11BrClFN2O4. The monoisotopic (exact) mass is 416 g/mol. The van der Waals surface area contributed by atoms with E-state index in [2.05, 4.69) is 26.2 Å². The topological polar surface area (TPSA) is 77.5 Å². The van der Waals surface area contributed by atoms with Crippen LogP contribution in [0.1, 0.15) is 0 Å². The van der Waals surface area contributed by atoms with Crippen molar-refractivity contribution in [3.63, 3.8) is 0 Å². The highest BCUT2D eigenvalue weighted by Gasteiger charge is 2.12. The van der Waals surface area contributed by atoms with Gasteiger partial charge in [-0.05, 0) is 30.3 Å². The summed E-state index contributed by atoms with van der Waals surface area (Å²) in [6.45, 7) is -1.06. The Labute approximate surface area is 150 Å². The van der Waals surface area contributed by atoms with Gasteiger partial charge in [0.05, 0.1) is 5.69 Å². The molecule has 6 nitrogen and oxygen atoms in total. The number of carbonyl (C=O) groups is 2. The number of amides is 1. The van der Waals surface area contributed by atoms with E-state index in [4.69, 9.17) is 21.1 Å². The lowest BCUT2D eigenvalue weighted by atomic mass is 10.3. The number of nitrogens with zero attached hydrogens (tertiary/aromatic N) is 1. The summed E-state index contributed by atoms with van der Waals surface area (Å²) >= 11 is 8.89. The highest BCUT2D eigenvalue weighted by molar-refractivity contribution is 9.10. The van der Waals surface area contributed by atoms with Crippen molar-refractivity contribution in [2.75, 3.05) is 18.5 Å². The smallest absolute Gasteiger partial charge is 0.344 e. The van der Waals surface area contributed by atoms with Crippen LogP contribution in [0.25, 0.3) is 0 Å². The summed E-state index contributed by atoms with van der Waals surface area (Å²) in [6, 6.07) is 7.27. The summed E-state index contributed by atoms with van der Waals surface area (Å²) < 4.78 is 23.8. The quantitative estimate of drug-likeness (QED) is 0.577. The molecule has 1 N–H and O–H groups in total. The second kappa shape index (κ2) is 8.60. The molecule has 0 spiro atoms. The van der Waals surface area contributed by atoms with Crippen molar-refractivity contribution in [3.8, 4) is 5.75 Å². The minimum absolute atomic E-state index is 0.0956. The van der Waals surface area contributed by atoms with Gasteiger partial charge in [-0.2, -0.15) is 0 Å². The third-order valence-corrected chi connectivity index (χ3v) is 3.43. The van der Waals surface area contributed by atoms with Crippen LogP contribution >= 0.6 is 27.5 Å². The number of aromatic nitrogens is 1. The van der Waals surface area contributed by atoms with Crippen LogP contribution in [0.15, 0.2) is 41.0 Å². The van der Waals surface area contributed by atoms with Gasteiger partial charge in [0.15, 0.2) is 29.9 Å². The number of anilines is 1. The van der Waals surface area contributed by atoms with Crippen LogP contribution in [0.3, 0.4) is 0 Å². The molecule has 0 unspecified atom stereocenters. The summed E-state index contributed by atoms with van der Waals surface area (Å²) in [5.41, 5.74) is 0.299. The first kappa shape index (κ1) is 18.2. The average Bonchev–Trinajstić information content (AvgIpc) is 2.54. The lowest BCUT2D eigenvalue weighted by molar-refractivity contribution is -0.149. The molecule has 0 aliphatic carbocycles. The van der Waals surface area contributed by atoms with E-state index < -0.39 is 30.9 Å². The van der Waals surface area contributed by atoms with E-state index in [1.807, 2.05) is 0 Å². The van der Waals surface area contributed by atoms with E-state index in [0.717, 1.165) is 0 Å². The van der Waals surface area contributed by atoms with E-state index in [9.17, 15) is 14.0 Å². The maximum absolute atomic E-state index is 13.5. The standard InChI is InChI=1S/C15H11BrClFN2O4/c16-9-3-4-12(10(18)6-9)23-8-14(22)24-7-13(21)20-11-2-1-5-19-15(11)17/h1-6H,7-8H2,(H,20,21). The number of halogens is 3. The molecular weight excluding hydrogens is 407 g/mol. The Bertz CT molecular complexity index is 760. The third-order valence-electron chi connectivity index (χ3n) is 2.64. The number of hydrogen-bond acceptors (Lipinski definition) is 5. The fourth-order valence-electron chi connectivity index (χ4n) is 1.58. The van der Waals surface area contributed by atoms with Gasteiger partial charge >= 0.3 is 5.97 Å². The molecule has 24 heavy (non-hydrogen) atoms. The molecule has 2 aromatic rings. The Morgan fingerprint density at radius 2 is 2.08 bits per heavy atom. The second-order valence-corrected chi connectivity index (χ2v) is 5.69. The maximum atomic E-state index is 13.5. The number of hydrogen-bond donors (Lipinski definition) is 1. The molecule has 0 atom stereocenters. The third kappa shape index (κ3) is 5.47. The zero-order chi connectivity index (χ0) is 17.5. The molecule has 0 saturated heterocycles. The minimum Gasteiger partial charge on any atom is -0.479 e. The van der Waals surface area contributed by atoms with Gasteiger partial charge in [0.25, 0.3) is 5.91 Å². The fourth-order valence-corrected chi connectivity index (χ4v) is 2.08. The van der Waals surface area contributed by atoms with Crippen LogP contribution in [-0.2, 0) is 14.3 Å². The van der Waals surface area contributed by atoms with Crippen molar-refractivity contribution in [2.24, 2.45) is 0 Å². The zero-order valence-corrected chi connectivity index (χ0v) is 14.4. The first-order valence-electron chi connectivity index (χ1n) is 6.59. The maximum Gasteiger partial charge on any atom is 0.344 e. The van der Waals surface area contributed by atoms with Crippen LogP contribution < -0.4 is 10.1 Å². The molecule has 1 aromatic carbocycles. The highest BCUT2D eigenvalue weighted by Crippen LogP contribution is 2.21. The molecule has 0 saturated carbocycles. The molecule has 0 fully saturated rings. The Morgan fingerprint density at radius 1 is 1.29 bits per heavy atom. The van der Waals surface area contributed by atoms with Crippen molar-refractivity contribution in [1.82, 2.24) is 4.98 Å². The highest BCUT2D eigenvalue weighted by atomic mass is 79.9. The largest absolute Gasteiger partial charge is 0.479 e. The summed E-state index contributed by atoms with van der Waals surface area (Å²) in [4.78, 5) is 27.0.